The first kappa shape index (κ1) is 13.6. The first-order valence-corrected chi connectivity index (χ1v) is 5.96. The van der Waals surface area contributed by atoms with Gasteiger partial charge in [-0.3, -0.25) is 0 Å². The van der Waals surface area contributed by atoms with Crippen molar-refractivity contribution in [1.82, 2.24) is 20.3 Å². The average molecular weight is 266 g/mol. The fraction of sp³-hybridized carbons (Fsp3) is 0.385. The molecule has 1 aromatic carbocycles. The Balaban J connectivity index is 2.28. The van der Waals surface area contributed by atoms with Crippen LogP contribution in [0.3, 0.4) is 0 Å². The van der Waals surface area contributed by atoms with Crippen molar-refractivity contribution in [3.05, 3.63) is 41.7 Å². The Morgan fingerprint density at radius 3 is 2.37 bits per heavy atom. The van der Waals surface area contributed by atoms with Crippen LogP contribution in [0.25, 0.3) is 5.69 Å². The van der Waals surface area contributed by atoms with Crippen LogP contribution < -0.4 is 5.32 Å². The molecule has 0 spiro atoms. The lowest BCUT2D eigenvalue weighted by molar-refractivity contribution is 0.418. The van der Waals surface area contributed by atoms with Gasteiger partial charge in [0.1, 0.15) is 11.6 Å². The van der Waals surface area contributed by atoms with E-state index < -0.39 is 11.6 Å². The molecule has 0 aliphatic heterocycles. The molecule has 0 saturated heterocycles. The number of hydrogen-bond donors (Lipinski definition) is 1. The first-order chi connectivity index (χ1) is 8.85. The number of aromatic nitrogens is 3. The van der Waals surface area contributed by atoms with Crippen molar-refractivity contribution in [2.45, 2.75) is 32.9 Å². The molecule has 1 N–H and O–H groups in total. The van der Waals surface area contributed by atoms with Gasteiger partial charge in [-0.25, -0.2) is 13.5 Å². The van der Waals surface area contributed by atoms with E-state index in [-0.39, 0.29) is 5.54 Å². The SMILES string of the molecule is CC(C)(C)NCc1cnnn1-c1cc(F)cc(F)c1. The smallest absolute Gasteiger partial charge is 0.128 e. The molecule has 1 aromatic heterocycles. The van der Waals surface area contributed by atoms with Crippen LogP contribution in [0.5, 0.6) is 0 Å². The van der Waals surface area contributed by atoms with E-state index in [2.05, 4.69) is 15.6 Å². The van der Waals surface area contributed by atoms with Gasteiger partial charge < -0.3 is 5.32 Å². The van der Waals surface area contributed by atoms with Crippen LogP contribution in [-0.2, 0) is 6.54 Å². The Morgan fingerprint density at radius 1 is 1.16 bits per heavy atom. The maximum atomic E-state index is 13.2. The Morgan fingerprint density at radius 2 is 1.79 bits per heavy atom. The minimum Gasteiger partial charge on any atom is -0.306 e. The van der Waals surface area contributed by atoms with E-state index in [1.165, 1.54) is 16.8 Å². The minimum absolute atomic E-state index is 0.0672. The van der Waals surface area contributed by atoms with Gasteiger partial charge in [-0.2, -0.15) is 0 Å². The van der Waals surface area contributed by atoms with E-state index >= 15 is 0 Å². The topological polar surface area (TPSA) is 42.7 Å². The molecule has 6 heteroatoms. The van der Waals surface area contributed by atoms with Gasteiger partial charge in [0.2, 0.25) is 0 Å². The van der Waals surface area contributed by atoms with Crippen LogP contribution in [-0.4, -0.2) is 20.5 Å². The number of rotatable bonds is 3. The quantitative estimate of drug-likeness (QED) is 0.927. The third-order valence-corrected chi connectivity index (χ3v) is 2.51. The fourth-order valence-corrected chi connectivity index (χ4v) is 1.61. The first-order valence-electron chi connectivity index (χ1n) is 5.96. The summed E-state index contributed by atoms with van der Waals surface area (Å²) in [6.45, 7) is 6.60. The van der Waals surface area contributed by atoms with Crippen LogP contribution in [0.1, 0.15) is 26.5 Å². The van der Waals surface area contributed by atoms with Gasteiger partial charge >= 0.3 is 0 Å². The summed E-state index contributed by atoms with van der Waals surface area (Å²) in [7, 11) is 0. The molecule has 4 nitrogen and oxygen atoms in total. The zero-order valence-corrected chi connectivity index (χ0v) is 11.1. The van der Waals surface area contributed by atoms with Crippen LogP contribution in [0.15, 0.2) is 24.4 Å². The summed E-state index contributed by atoms with van der Waals surface area (Å²) < 4.78 is 27.8. The maximum absolute atomic E-state index is 13.2. The van der Waals surface area contributed by atoms with E-state index in [4.69, 9.17) is 0 Å². The second-order valence-electron chi connectivity index (χ2n) is 5.37. The third-order valence-electron chi connectivity index (χ3n) is 2.51. The van der Waals surface area contributed by atoms with E-state index in [1.54, 1.807) is 6.20 Å². The van der Waals surface area contributed by atoms with E-state index in [0.717, 1.165) is 11.8 Å². The highest BCUT2D eigenvalue weighted by Crippen LogP contribution is 2.14. The summed E-state index contributed by atoms with van der Waals surface area (Å²) >= 11 is 0. The van der Waals surface area contributed by atoms with E-state index in [0.29, 0.717) is 12.2 Å². The molecule has 0 atom stereocenters. The van der Waals surface area contributed by atoms with Crippen molar-refractivity contribution in [3.8, 4) is 5.69 Å². The zero-order valence-electron chi connectivity index (χ0n) is 11.1. The fourth-order valence-electron chi connectivity index (χ4n) is 1.61. The summed E-state index contributed by atoms with van der Waals surface area (Å²) in [5, 5.41) is 10.9. The molecular formula is C13H16F2N4. The lowest BCUT2D eigenvalue weighted by atomic mass is 10.1. The molecule has 0 aliphatic carbocycles. The standard InChI is InChI=1S/C13H16F2N4/c1-13(2,3)16-7-12-8-17-18-19(12)11-5-9(14)4-10(15)6-11/h4-6,8,16H,7H2,1-3H3. The third kappa shape index (κ3) is 3.57. The van der Waals surface area contributed by atoms with Crippen molar-refractivity contribution >= 4 is 0 Å². The van der Waals surface area contributed by atoms with Crippen LogP contribution in [0.4, 0.5) is 8.78 Å². The molecule has 1 heterocycles. The largest absolute Gasteiger partial charge is 0.306 e. The van der Waals surface area contributed by atoms with Gasteiger partial charge in [0.15, 0.2) is 0 Å². The van der Waals surface area contributed by atoms with Crippen molar-refractivity contribution in [2.24, 2.45) is 0 Å². The van der Waals surface area contributed by atoms with Crippen molar-refractivity contribution in [1.29, 1.82) is 0 Å². The highest BCUT2D eigenvalue weighted by atomic mass is 19.1. The Kier molecular flexibility index (Phi) is 3.61. The van der Waals surface area contributed by atoms with Gasteiger partial charge in [-0.1, -0.05) is 5.21 Å². The molecule has 102 valence electrons. The number of benzene rings is 1. The van der Waals surface area contributed by atoms with Crippen molar-refractivity contribution < 1.29 is 8.78 Å². The predicted molar refractivity (Wildman–Crippen MR) is 67.9 cm³/mol. The summed E-state index contributed by atoms with van der Waals surface area (Å²) in [5.74, 6) is -1.28. The zero-order chi connectivity index (χ0) is 14.0. The molecule has 0 radical (unpaired) electrons. The van der Waals surface area contributed by atoms with Gasteiger partial charge in [-0.15, -0.1) is 5.10 Å². The van der Waals surface area contributed by atoms with Crippen molar-refractivity contribution in [2.75, 3.05) is 0 Å². The second kappa shape index (κ2) is 5.05. The summed E-state index contributed by atoms with van der Waals surface area (Å²) in [5.41, 5.74) is 0.989. The molecule has 0 fully saturated rings. The molecule has 2 rings (SSSR count). The monoisotopic (exact) mass is 266 g/mol. The molecule has 0 amide bonds. The van der Waals surface area contributed by atoms with Crippen molar-refractivity contribution in [3.63, 3.8) is 0 Å². The van der Waals surface area contributed by atoms with E-state index in [1.807, 2.05) is 20.8 Å². The van der Waals surface area contributed by atoms with E-state index in [9.17, 15) is 8.78 Å². The highest BCUT2D eigenvalue weighted by Gasteiger charge is 2.13. The summed E-state index contributed by atoms with van der Waals surface area (Å²) in [6.07, 6.45) is 1.57. The molecule has 0 aliphatic rings. The molecule has 19 heavy (non-hydrogen) atoms. The van der Waals surface area contributed by atoms with Crippen LogP contribution in [0.2, 0.25) is 0 Å². The molecular weight excluding hydrogens is 250 g/mol. The number of nitrogens with one attached hydrogen (secondary N) is 1. The van der Waals surface area contributed by atoms with Gasteiger partial charge in [0.05, 0.1) is 17.6 Å². The van der Waals surface area contributed by atoms with Gasteiger partial charge in [-0.05, 0) is 32.9 Å². The Labute approximate surface area is 110 Å². The molecule has 0 bridgehead atoms. The van der Waals surface area contributed by atoms with Gasteiger partial charge in [0, 0.05) is 18.2 Å². The van der Waals surface area contributed by atoms with Crippen LogP contribution >= 0.6 is 0 Å². The second-order valence-corrected chi connectivity index (χ2v) is 5.37. The number of hydrogen-bond acceptors (Lipinski definition) is 3. The lowest BCUT2D eigenvalue weighted by Crippen LogP contribution is -2.35. The highest BCUT2D eigenvalue weighted by molar-refractivity contribution is 5.33. The summed E-state index contributed by atoms with van der Waals surface area (Å²) in [4.78, 5) is 0. The van der Waals surface area contributed by atoms with Gasteiger partial charge in [0.25, 0.3) is 0 Å². The molecule has 2 aromatic rings. The minimum atomic E-state index is -0.639. The van der Waals surface area contributed by atoms with Crippen LogP contribution in [0, 0.1) is 11.6 Å². The summed E-state index contributed by atoms with van der Waals surface area (Å²) in [6, 6.07) is 3.27. The Hall–Kier alpha value is -1.82. The lowest BCUT2D eigenvalue weighted by Gasteiger charge is -2.20. The number of halogens is 2. The molecule has 0 saturated carbocycles. The average Bonchev–Trinajstić information content (AvgIpc) is 2.72. The normalized spacial score (nSPS) is 11.8. The predicted octanol–water partition coefficient (Wildman–Crippen LogP) is 2.43. The number of nitrogens with zero attached hydrogens (tertiary/aromatic N) is 3. The maximum Gasteiger partial charge on any atom is 0.128 e. The molecule has 0 unspecified atom stereocenters. The Bertz CT molecular complexity index is 552.